The lowest BCUT2D eigenvalue weighted by Crippen LogP contribution is -2.64. The van der Waals surface area contributed by atoms with E-state index in [-0.39, 0.29) is 11.4 Å². The molecule has 1 amide bonds. The van der Waals surface area contributed by atoms with Gasteiger partial charge in [0.25, 0.3) is 5.91 Å². The minimum atomic E-state index is -4.01. The van der Waals surface area contributed by atoms with Crippen molar-refractivity contribution in [1.82, 2.24) is 14.7 Å². The summed E-state index contributed by atoms with van der Waals surface area (Å²) < 4.78 is 34.2. The maximum atomic E-state index is 13.6. The van der Waals surface area contributed by atoms with Gasteiger partial charge in [0.2, 0.25) is 10.0 Å². The number of carbonyl (C=O) groups excluding carboxylic acids is 1. The van der Waals surface area contributed by atoms with Gasteiger partial charge in [-0.1, -0.05) is 54.6 Å². The van der Waals surface area contributed by atoms with E-state index in [0.29, 0.717) is 25.4 Å². The summed E-state index contributed by atoms with van der Waals surface area (Å²) in [6.45, 7) is 5.31. The van der Waals surface area contributed by atoms with Crippen LogP contribution >= 0.6 is 0 Å². The second kappa shape index (κ2) is 11.2. The molecule has 0 spiro atoms. The van der Waals surface area contributed by atoms with Crippen LogP contribution in [0.25, 0.3) is 0 Å². The molecule has 0 bridgehead atoms. The first kappa shape index (κ1) is 25.8. The predicted octanol–water partition coefficient (Wildman–Crippen LogP) is 3.34. The Hall–Kier alpha value is -3.24. The number of amides is 1. The van der Waals surface area contributed by atoms with E-state index in [9.17, 15) is 18.4 Å². The van der Waals surface area contributed by atoms with Crippen LogP contribution in [-0.4, -0.2) is 53.9 Å². The van der Waals surface area contributed by atoms with Gasteiger partial charge in [-0.25, -0.2) is 13.9 Å². The standard InChI is InChI=1S/C27H31N3O5S/c1-20-8-6-7-11-23(20)19-35-24-12-14-25(15-13-24)36(33,34)30-17-16-29(18-22-9-4-3-5-10-22)21(2)26(30)27(31)28-32/h3-15,21,26,32H,16-19H2,1-2H3,(H,28,31)/t21-,26+/m0/s1. The van der Waals surface area contributed by atoms with E-state index < -0.39 is 28.0 Å². The molecule has 3 aromatic rings. The fourth-order valence-corrected chi connectivity index (χ4v) is 6.16. The Bertz CT molecular complexity index is 1280. The molecule has 0 aliphatic carbocycles. The van der Waals surface area contributed by atoms with Gasteiger partial charge in [-0.15, -0.1) is 0 Å². The van der Waals surface area contributed by atoms with Gasteiger partial charge >= 0.3 is 0 Å². The van der Waals surface area contributed by atoms with Crippen LogP contribution in [0.2, 0.25) is 0 Å². The molecule has 1 heterocycles. The molecule has 0 radical (unpaired) electrons. The van der Waals surface area contributed by atoms with Crippen LogP contribution in [0.5, 0.6) is 5.75 Å². The van der Waals surface area contributed by atoms with E-state index in [1.807, 2.05) is 66.4 Å². The predicted molar refractivity (Wildman–Crippen MR) is 136 cm³/mol. The van der Waals surface area contributed by atoms with Crippen LogP contribution in [-0.2, 0) is 28.0 Å². The second-order valence-corrected chi connectivity index (χ2v) is 10.8. The normalized spacial score (nSPS) is 19.1. The molecular formula is C27H31N3O5S. The molecule has 0 unspecified atom stereocenters. The smallest absolute Gasteiger partial charge is 0.263 e. The Morgan fingerprint density at radius 1 is 1.00 bits per heavy atom. The molecule has 190 valence electrons. The number of hydrogen-bond donors (Lipinski definition) is 2. The molecule has 2 N–H and O–H groups in total. The number of carbonyl (C=O) groups is 1. The van der Waals surface area contributed by atoms with Gasteiger partial charge in [-0.2, -0.15) is 4.31 Å². The van der Waals surface area contributed by atoms with E-state index >= 15 is 0 Å². The Labute approximate surface area is 212 Å². The summed E-state index contributed by atoms with van der Waals surface area (Å²) in [6.07, 6.45) is 0. The maximum Gasteiger partial charge on any atom is 0.263 e. The second-order valence-electron chi connectivity index (χ2n) is 8.92. The average molecular weight is 510 g/mol. The summed E-state index contributed by atoms with van der Waals surface area (Å²) in [4.78, 5) is 14.8. The topological polar surface area (TPSA) is 99.2 Å². The van der Waals surface area contributed by atoms with Crippen molar-refractivity contribution in [3.05, 3.63) is 95.6 Å². The van der Waals surface area contributed by atoms with Gasteiger partial charge in [0.1, 0.15) is 18.4 Å². The number of nitrogens with one attached hydrogen (secondary N) is 1. The first-order chi connectivity index (χ1) is 17.3. The summed E-state index contributed by atoms with van der Waals surface area (Å²) in [6, 6.07) is 22.3. The third kappa shape index (κ3) is 5.60. The van der Waals surface area contributed by atoms with Gasteiger partial charge in [0.05, 0.1) is 4.90 Å². The van der Waals surface area contributed by atoms with E-state index in [2.05, 4.69) is 0 Å². The van der Waals surface area contributed by atoms with Crippen molar-refractivity contribution < 1.29 is 23.2 Å². The molecule has 1 aliphatic rings. The summed E-state index contributed by atoms with van der Waals surface area (Å²) >= 11 is 0. The summed E-state index contributed by atoms with van der Waals surface area (Å²) in [7, 11) is -4.01. The highest BCUT2D eigenvalue weighted by atomic mass is 32.2. The third-order valence-electron chi connectivity index (χ3n) is 6.64. The maximum absolute atomic E-state index is 13.6. The van der Waals surface area contributed by atoms with Gasteiger partial charge in [-0.05, 0) is 54.8 Å². The molecule has 1 saturated heterocycles. The first-order valence-electron chi connectivity index (χ1n) is 11.8. The SMILES string of the molecule is Cc1ccccc1COc1ccc(S(=O)(=O)N2CCN(Cc3ccccc3)[C@@H](C)[C@@H]2C(=O)NO)cc1. The molecule has 1 aliphatic heterocycles. The number of hydroxylamine groups is 1. The molecule has 0 aromatic heterocycles. The van der Waals surface area contributed by atoms with Gasteiger partial charge in [0.15, 0.2) is 0 Å². The highest BCUT2D eigenvalue weighted by molar-refractivity contribution is 7.89. The van der Waals surface area contributed by atoms with E-state index in [0.717, 1.165) is 16.7 Å². The highest BCUT2D eigenvalue weighted by Gasteiger charge is 2.44. The van der Waals surface area contributed by atoms with Crippen molar-refractivity contribution in [1.29, 1.82) is 0 Å². The Kier molecular flexibility index (Phi) is 8.05. The zero-order valence-corrected chi connectivity index (χ0v) is 21.2. The number of sulfonamides is 1. The largest absolute Gasteiger partial charge is 0.489 e. The lowest BCUT2D eigenvalue weighted by molar-refractivity contribution is -0.137. The molecule has 1 fully saturated rings. The highest BCUT2D eigenvalue weighted by Crippen LogP contribution is 2.28. The van der Waals surface area contributed by atoms with Crippen LogP contribution in [0.3, 0.4) is 0 Å². The van der Waals surface area contributed by atoms with Crippen molar-refractivity contribution in [3.63, 3.8) is 0 Å². The Balaban J connectivity index is 1.51. The zero-order valence-electron chi connectivity index (χ0n) is 20.4. The number of piperazine rings is 1. The molecule has 4 rings (SSSR count). The lowest BCUT2D eigenvalue weighted by atomic mass is 10.0. The Morgan fingerprint density at radius 2 is 1.67 bits per heavy atom. The minimum Gasteiger partial charge on any atom is -0.489 e. The molecular weight excluding hydrogens is 478 g/mol. The summed E-state index contributed by atoms with van der Waals surface area (Å²) in [5, 5.41) is 9.39. The van der Waals surface area contributed by atoms with Crippen LogP contribution in [0.1, 0.15) is 23.6 Å². The number of hydrogen-bond acceptors (Lipinski definition) is 6. The number of aryl methyl sites for hydroxylation is 1. The molecule has 3 aromatic carbocycles. The Morgan fingerprint density at radius 3 is 2.33 bits per heavy atom. The summed E-state index contributed by atoms with van der Waals surface area (Å²) in [5.74, 6) is -0.218. The van der Waals surface area contributed by atoms with E-state index in [1.54, 1.807) is 24.5 Å². The fraction of sp³-hybridized carbons (Fsp3) is 0.296. The van der Waals surface area contributed by atoms with Crippen molar-refractivity contribution in [3.8, 4) is 5.75 Å². The zero-order chi connectivity index (χ0) is 25.7. The number of benzene rings is 3. The van der Waals surface area contributed by atoms with Gasteiger partial charge in [-0.3, -0.25) is 14.9 Å². The van der Waals surface area contributed by atoms with Crippen LogP contribution in [0.15, 0.2) is 83.8 Å². The third-order valence-corrected chi connectivity index (χ3v) is 8.54. The quantitative estimate of drug-likeness (QED) is 0.357. The number of rotatable bonds is 8. The minimum absolute atomic E-state index is 0.0604. The first-order valence-corrected chi connectivity index (χ1v) is 13.3. The molecule has 9 heteroatoms. The monoisotopic (exact) mass is 509 g/mol. The van der Waals surface area contributed by atoms with Crippen molar-refractivity contribution >= 4 is 15.9 Å². The van der Waals surface area contributed by atoms with Gasteiger partial charge < -0.3 is 4.74 Å². The van der Waals surface area contributed by atoms with Crippen LogP contribution in [0.4, 0.5) is 0 Å². The lowest BCUT2D eigenvalue weighted by Gasteiger charge is -2.44. The molecule has 0 saturated carbocycles. The number of nitrogens with zero attached hydrogens (tertiary/aromatic N) is 2. The number of ether oxygens (including phenoxy) is 1. The van der Waals surface area contributed by atoms with Gasteiger partial charge in [0, 0.05) is 25.7 Å². The van der Waals surface area contributed by atoms with Crippen LogP contribution < -0.4 is 10.2 Å². The van der Waals surface area contributed by atoms with Crippen LogP contribution in [0, 0.1) is 6.92 Å². The van der Waals surface area contributed by atoms with Crippen molar-refractivity contribution in [2.24, 2.45) is 0 Å². The van der Waals surface area contributed by atoms with Crippen molar-refractivity contribution in [2.75, 3.05) is 13.1 Å². The van der Waals surface area contributed by atoms with E-state index in [1.165, 1.54) is 16.4 Å². The summed E-state index contributed by atoms with van der Waals surface area (Å²) in [5.41, 5.74) is 4.88. The average Bonchev–Trinajstić information content (AvgIpc) is 2.89. The molecule has 8 nitrogen and oxygen atoms in total. The fourth-order valence-electron chi connectivity index (χ4n) is 4.51. The van der Waals surface area contributed by atoms with E-state index in [4.69, 9.17) is 4.74 Å². The van der Waals surface area contributed by atoms with Crippen molar-refractivity contribution in [2.45, 2.75) is 44.0 Å². The molecule has 2 atom stereocenters. The molecule has 36 heavy (non-hydrogen) atoms.